The molecule has 0 saturated heterocycles. The molecule has 0 aliphatic rings. The van der Waals surface area contributed by atoms with Crippen molar-refractivity contribution < 1.29 is 5.11 Å². The number of fused-ring (bicyclic) bond motifs is 1. The van der Waals surface area contributed by atoms with Gasteiger partial charge in [0.2, 0.25) is 0 Å². The highest BCUT2D eigenvalue weighted by molar-refractivity contribution is 7.98. The number of aromatic nitrogens is 4. The van der Waals surface area contributed by atoms with Crippen LogP contribution < -0.4 is 0 Å². The van der Waals surface area contributed by atoms with Gasteiger partial charge in [0.25, 0.3) is 0 Å². The van der Waals surface area contributed by atoms with E-state index in [-0.39, 0.29) is 6.61 Å². The Morgan fingerprint density at radius 2 is 2.21 bits per heavy atom. The maximum absolute atomic E-state index is 9.32. The number of rotatable bonds is 3. The van der Waals surface area contributed by atoms with Crippen molar-refractivity contribution in [1.82, 2.24) is 19.4 Å². The lowest BCUT2D eigenvalue weighted by Gasteiger charge is -2.04. The van der Waals surface area contributed by atoms with E-state index in [1.807, 2.05) is 35.1 Å². The van der Waals surface area contributed by atoms with Crippen LogP contribution in [0.3, 0.4) is 0 Å². The second-order valence-corrected chi connectivity index (χ2v) is 4.73. The van der Waals surface area contributed by atoms with Crippen LogP contribution in [0.1, 0.15) is 5.56 Å². The summed E-state index contributed by atoms with van der Waals surface area (Å²) in [6, 6.07) is 5.61. The Morgan fingerprint density at radius 1 is 1.32 bits per heavy atom. The number of hydrogen-bond acceptors (Lipinski definition) is 5. The first-order valence-corrected chi connectivity index (χ1v) is 6.99. The molecule has 0 saturated carbocycles. The summed E-state index contributed by atoms with van der Waals surface area (Å²) in [6.45, 7) is -0.0272. The van der Waals surface area contributed by atoms with Crippen LogP contribution in [0.25, 0.3) is 17.0 Å². The van der Waals surface area contributed by atoms with E-state index in [9.17, 15) is 5.11 Å². The third-order valence-corrected chi connectivity index (χ3v) is 3.43. The summed E-state index contributed by atoms with van der Waals surface area (Å²) >= 11 is 1.50. The minimum Gasteiger partial charge on any atom is -0.392 e. The zero-order chi connectivity index (χ0) is 13.2. The normalized spacial score (nSPS) is 11.1. The molecular formula is C13H12N4OS. The van der Waals surface area contributed by atoms with Crippen LogP contribution in [0, 0.1) is 0 Å². The van der Waals surface area contributed by atoms with E-state index in [1.54, 1.807) is 12.4 Å². The van der Waals surface area contributed by atoms with Crippen LogP contribution in [0.4, 0.5) is 0 Å². The molecule has 0 amide bonds. The van der Waals surface area contributed by atoms with Crippen molar-refractivity contribution in [3.05, 3.63) is 42.4 Å². The van der Waals surface area contributed by atoms with Crippen LogP contribution in [-0.4, -0.2) is 30.7 Å². The molecule has 0 aromatic carbocycles. The van der Waals surface area contributed by atoms with Crippen molar-refractivity contribution in [1.29, 1.82) is 0 Å². The molecule has 3 heterocycles. The number of hydrogen-bond donors (Lipinski definition) is 1. The monoisotopic (exact) mass is 272 g/mol. The van der Waals surface area contributed by atoms with Crippen molar-refractivity contribution in [3.8, 4) is 11.4 Å². The minimum atomic E-state index is -0.0272. The quantitative estimate of drug-likeness (QED) is 0.583. The third-order valence-electron chi connectivity index (χ3n) is 2.87. The zero-order valence-electron chi connectivity index (χ0n) is 10.3. The molecule has 3 aromatic rings. The highest BCUT2D eigenvalue weighted by atomic mass is 32.2. The molecule has 3 rings (SSSR count). The number of imidazole rings is 1. The fourth-order valence-corrected chi connectivity index (χ4v) is 2.32. The van der Waals surface area contributed by atoms with Gasteiger partial charge in [-0.05, 0) is 18.4 Å². The smallest absolute Gasteiger partial charge is 0.187 e. The summed E-state index contributed by atoms with van der Waals surface area (Å²) in [7, 11) is 0. The molecule has 0 radical (unpaired) electrons. The highest BCUT2D eigenvalue weighted by Gasteiger charge is 2.10. The van der Waals surface area contributed by atoms with Crippen LogP contribution in [0.5, 0.6) is 0 Å². The SMILES string of the molecule is CSc1nccc(-c2cnc3c(CO)cccn23)n1. The first-order valence-electron chi connectivity index (χ1n) is 5.76. The minimum absolute atomic E-state index is 0.0272. The molecule has 0 spiro atoms. The standard InChI is InChI=1S/C13H12N4OS/c1-19-13-14-5-4-10(16-13)11-7-15-12-9(8-18)3-2-6-17(11)12/h2-7,18H,8H2,1H3. The van der Waals surface area contributed by atoms with Gasteiger partial charge < -0.3 is 5.11 Å². The van der Waals surface area contributed by atoms with E-state index in [0.717, 1.165) is 27.8 Å². The first kappa shape index (κ1) is 12.1. The number of thioether (sulfide) groups is 1. The molecule has 6 heteroatoms. The van der Waals surface area contributed by atoms with Gasteiger partial charge in [0.15, 0.2) is 5.16 Å². The molecular weight excluding hydrogens is 260 g/mol. The van der Waals surface area contributed by atoms with Gasteiger partial charge in [-0.2, -0.15) is 0 Å². The Balaban J connectivity index is 2.20. The maximum Gasteiger partial charge on any atom is 0.187 e. The predicted molar refractivity (Wildman–Crippen MR) is 73.9 cm³/mol. The second kappa shape index (κ2) is 4.99. The van der Waals surface area contributed by atoms with Crippen LogP contribution in [-0.2, 0) is 6.61 Å². The van der Waals surface area contributed by atoms with Gasteiger partial charge in [-0.25, -0.2) is 15.0 Å². The van der Waals surface area contributed by atoms with Crippen molar-refractivity contribution in [2.24, 2.45) is 0 Å². The summed E-state index contributed by atoms with van der Waals surface area (Å²) in [6.07, 6.45) is 7.36. The molecule has 0 fully saturated rings. The number of nitrogens with zero attached hydrogens (tertiary/aromatic N) is 4. The van der Waals surface area contributed by atoms with Crippen molar-refractivity contribution in [2.75, 3.05) is 6.26 Å². The topological polar surface area (TPSA) is 63.3 Å². The second-order valence-electron chi connectivity index (χ2n) is 3.96. The lowest BCUT2D eigenvalue weighted by Crippen LogP contribution is -1.95. The van der Waals surface area contributed by atoms with Gasteiger partial charge in [-0.15, -0.1) is 0 Å². The largest absolute Gasteiger partial charge is 0.392 e. The molecule has 0 bridgehead atoms. The Bertz CT molecular complexity index is 725. The lowest BCUT2D eigenvalue weighted by molar-refractivity contribution is 0.282. The van der Waals surface area contributed by atoms with E-state index in [4.69, 9.17) is 0 Å². The molecule has 0 unspecified atom stereocenters. The first-order chi connectivity index (χ1) is 9.33. The summed E-state index contributed by atoms with van der Waals surface area (Å²) in [4.78, 5) is 13.0. The van der Waals surface area contributed by atoms with Crippen molar-refractivity contribution >= 4 is 17.4 Å². The summed E-state index contributed by atoms with van der Waals surface area (Å²) < 4.78 is 1.93. The number of aliphatic hydroxyl groups is 1. The molecule has 0 aliphatic carbocycles. The average molecular weight is 272 g/mol. The fourth-order valence-electron chi connectivity index (χ4n) is 1.96. The Morgan fingerprint density at radius 3 is 3.00 bits per heavy atom. The molecule has 3 aromatic heterocycles. The molecule has 1 N–H and O–H groups in total. The van der Waals surface area contributed by atoms with Gasteiger partial charge in [0, 0.05) is 18.0 Å². The van der Waals surface area contributed by atoms with Crippen LogP contribution >= 0.6 is 11.8 Å². The molecule has 0 aliphatic heterocycles. The fraction of sp³-hybridized carbons (Fsp3) is 0.154. The predicted octanol–water partition coefficient (Wildman–Crippen LogP) is 2.01. The van der Waals surface area contributed by atoms with Crippen molar-refractivity contribution in [2.45, 2.75) is 11.8 Å². The maximum atomic E-state index is 9.32. The summed E-state index contributed by atoms with van der Waals surface area (Å²) in [5.74, 6) is 0. The number of pyridine rings is 1. The molecule has 96 valence electrons. The number of aliphatic hydroxyl groups excluding tert-OH is 1. The summed E-state index contributed by atoms with van der Waals surface area (Å²) in [5.41, 5.74) is 3.27. The molecule has 0 atom stereocenters. The zero-order valence-corrected chi connectivity index (χ0v) is 11.1. The Labute approximate surface area is 114 Å². The van der Waals surface area contributed by atoms with E-state index >= 15 is 0 Å². The van der Waals surface area contributed by atoms with E-state index in [2.05, 4.69) is 15.0 Å². The van der Waals surface area contributed by atoms with Gasteiger partial charge in [-0.3, -0.25) is 4.40 Å². The molecule has 19 heavy (non-hydrogen) atoms. The van der Waals surface area contributed by atoms with Crippen LogP contribution in [0.15, 0.2) is 41.9 Å². The lowest BCUT2D eigenvalue weighted by atomic mass is 10.3. The van der Waals surface area contributed by atoms with Crippen LogP contribution in [0.2, 0.25) is 0 Å². The van der Waals surface area contributed by atoms with E-state index < -0.39 is 0 Å². The third kappa shape index (κ3) is 2.09. The van der Waals surface area contributed by atoms with Gasteiger partial charge in [0.05, 0.1) is 24.2 Å². The van der Waals surface area contributed by atoms with Gasteiger partial charge in [0.1, 0.15) is 5.65 Å². The Kier molecular flexibility index (Phi) is 3.18. The summed E-state index contributed by atoms with van der Waals surface area (Å²) in [5, 5.41) is 10.0. The average Bonchev–Trinajstić information content (AvgIpc) is 2.91. The highest BCUT2D eigenvalue weighted by Crippen LogP contribution is 2.22. The van der Waals surface area contributed by atoms with Crippen molar-refractivity contribution in [3.63, 3.8) is 0 Å². The Hall–Kier alpha value is -1.92. The van der Waals surface area contributed by atoms with Gasteiger partial charge >= 0.3 is 0 Å². The van der Waals surface area contributed by atoms with E-state index in [1.165, 1.54) is 11.8 Å². The molecule has 5 nitrogen and oxygen atoms in total. The van der Waals surface area contributed by atoms with Gasteiger partial charge in [-0.1, -0.05) is 17.8 Å². The van der Waals surface area contributed by atoms with E-state index in [0.29, 0.717) is 0 Å².